The number of hydrogen-bond acceptors (Lipinski definition) is 3. The van der Waals surface area contributed by atoms with Crippen LogP contribution >= 0.6 is 0 Å². The molecule has 0 saturated carbocycles. The number of aliphatic carboxylic acids is 1. The highest BCUT2D eigenvalue weighted by Gasteiger charge is 2.05. The van der Waals surface area contributed by atoms with Gasteiger partial charge in [0.25, 0.3) is 0 Å². The molecular weight excluding hydrogens is 270 g/mol. The van der Waals surface area contributed by atoms with Crippen LogP contribution < -0.4 is 5.32 Å². The third-order valence-electron chi connectivity index (χ3n) is 2.78. The van der Waals surface area contributed by atoms with Gasteiger partial charge in [-0.2, -0.15) is 0 Å². The Balaban J connectivity index is 2.63. The molecule has 1 aromatic rings. The van der Waals surface area contributed by atoms with Crippen molar-refractivity contribution in [3.05, 3.63) is 35.4 Å². The van der Waals surface area contributed by atoms with E-state index in [1.165, 1.54) is 6.08 Å². The monoisotopic (exact) mass is 291 g/mol. The summed E-state index contributed by atoms with van der Waals surface area (Å²) in [5, 5.41) is 11.4. The number of carboxylic acid groups (broad SMARTS) is 1. The zero-order valence-electron chi connectivity index (χ0n) is 12.4. The van der Waals surface area contributed by atoms with Crippen molar-refractivity contribution >= 4 is 23.6 Å². The van der Waals surface area contributed by atoms with Gasteiger partial charge in [-0.15, -0.1) is 0 Å². The summed E-state index contributed by atoms with van der Waals surface area (Å²) >= 11 is 0. The van der Waals surface area contributed by atoms with Crippen molar-refractivity contribution in [2.75, 3.05) is 18.5 Å². The summed E-state index contributed by atoms with van der Waals surface area (Å²) < 4.78 is 5.27. The van der Waals surface area contributed by atoms with Crippen molar-refractivity contribution in [3.63, 3.8) is 0 Å². The lowest BCUT2D eigenvalue weighted by Gasteiger charge is -2.09. The molecule has 1 amide bonds. The van der Waals surface area contributed by atoms with Gasteiger partial charge in [-0.1, -0.05) is 19.1 Å². The van der Waals surface area contributed by atoms with Gasteiger partial charge in [0.1, 0.15) is 0 Å². The maximum atomic E-state index is 11.8. The van der Waals surface area contributed by atoms with Crippen LogP contribution in [0, 0.1) is 6.92 Å². The van der Waals surface area contributed by atoms with E-state index >= 15 is 0 Å². The summed E-state index contributed by atoms with van der Waals surface area (Å²) in [5.41, 5.74) is 2.33. The average Bonchev–Trinajstić information content (AvgIpc) is 2.44. The molecule has 114 valence electrons. The Labute approximate surface area is 124 Å². The minimum absolute atomic E-state index is 0.117. The van der Waals surface area contributed by atoms with Gasteiger partial charge in [0, 0.05) is 18.4 Å². The Bertz CT molecular complexity index is 523. The van der Waals surface area contributed by atoms with Gasteiger partial charge in [0.2, 0.25) is 5.91 Å². The Kier molecular flexibility index (Phi) is 7.18. The molecule has 0 unspecified atom stereocenters. The van der Waals surface area contributed by atoms with Crippen LogP contribution in [0.3, 0.4) is 0 Å². The summed E-state index contributed by atoms with van der Waals surface area (Å²) in [6, 6.07) is 5.39. The van der Waals surface area contributed by atoms with Crippen molar-refractivity contribution in [2.24, 2.45) is 0 Å². The lowest BCUT2D eigenvalue weighted by molar-refractivity contribution is -0.131. The number of amides is 1. The van der Waals surface area contributed by atoms with Crippen molar-refractivity contribution in [1.82, 2.24) is 0 Å². The number of rotatable bonds is 8. The fourth-order valence-electron chi connectivity index (χ4n) is 1.67. The number of benzene rings is 1. The first-order valence-electron chi connectivity index (χ1n) is 6.92. The normalized spacial score (nSPS) is 10.8. The molecule has 0 aliphatic heterocycles. The molecule has 5 heteroatoms. The van der Waals surface area contributed by atoms with Gasteiger partial charge in [-0.25, -0.2) is 4.79 Å². The molecule has 0 saturated heterocycles. The van der Waals surface area contributed by atoms with Crippen molar-refractivity contribution in [2.45, 2.75) is 26.7 Å². The molecule has 0 atom stereocenters. The second-order valence-electron chi connectivity index (χ2n) is 4.66. The average molecular weight is 291 g/mol. The molecule has 0 spiro atoms. The Morgan fingerprint density at radius 1 is 1.33 bits per heavy atom. The van der Waals surface area contributed by atoms with Crippen LogP contribution in [0.5, 0.6) is 0 Å². The zero-order chi connectivity index (χ0) is 15.7. The molecule has 0 bridgehead atoms. The topological polar surface area (TPSA) is 75.6 Å². The van der Waals surface area contributed by atoms with E-state index in [0.29, 0.717) is 25.3 Å². The third kappa shape index (κ3) is 6.72. The third-order valence-corrected chi connectivity index (χ3v) is 2.78. The predicted molar refractivity (Wildman–Crippen MR) is 82.2 cm³/mol. The van der Waals surface area contributed by atoms with E-state index < -0.39 is 5.97 Å². The van der Waals surface area contributed by atoms with Gasteiger partial charge in [-0.05, 0) is 36.6 Å². The van der Waals surface area contributed by atoms with Crippen molar-refractivity contribution < 1.29 is 19.4 Å². The van der Waals surface area contributed by atoms with Gasteiger partial charge < -0.3 is 15.2 Å². The number of aryl methyl sites for hydroxylation is 1. The fraction of sp³-hybridized carbons (Fsp3) is 0.375. The van der Waals surface area contributed by atoms with Gasteiger partial charge in [0.05, 0.1) is 13.0 Å². The summed E-state index contributed by atoms with van der Waals surface area (Å²) in [6.07, 6.45) is 3.78. The molecule has 0 radical (unpaired) electrons. The number of ether oxygens (including phenoxy) is 1. The molecule has 0 heterocycles. The number of nitrogens with one attached hydrogen (secondary N) is 1. The minimum atomic E-state index is -1.01. The molecule has 1 aromatic carbocycles. The fourth-order valence-corrected chi connectivity index (χ4v) is 1.67. The summed E-state index contributed by atoms with van der Waals surface area (Å²) in [5.74, 6) is -1.12. The van der Waals surface area contributed by atoms with E-state index in [9.17, 15) is 9.59 Å². The van der Waals surface area contributed by atoms with Crippen LogP contribution in [-0.4, -0.2) is 30.2 Å². The Morgan fingerprint density at radius 2 is 2.10 bits per heavy atom. The highest BCUT2D eigenvalue weighted by Crippen LogP contribution is 2.18. The SMILES string of the molecule is CCCOCCC(=O)Nc1cc(C=CC(=O)O)ccc1C. The molecular formula is C16H21NO4. The highest BCUT2D eigenvalue weighted by molar-refractivity contribution is 5.92. The second-order valence-corrected chi connectivity index (χ2v) is 4.66. The van der Waals surface area contributed by atoms with E-state index in [0.717, 1.165) is 23.6 Å². The highest BCUT2D eigenvalue weighted by atomic mass is 16.5. The molecule has 2 N–H and O–H groups in total. The Morgan fingerprint density at radius 3 is 2.76 bits per heavy atom. The maximum absolute atomic E-state index is 11.8. The van der Waals surface area contributed by atoms with Crippen LogP contribution in [0.15, 0.2) is 24.3 Å². The van der Waals surface area contributed by atoms with Crippen LogP contribution in [-0.2, 0) is 14.3 Å². The summed E-state index contributed by atoms with van der Waals surface area (Å²) in [6.45, 7) is 4.95. The quantitative estimate of drug-likeness (QED) is 0.570. The maximum Gasteiger partial charge on any atom is 0.328 e. The molecule has 21 heavy (non-hydrogen) atoms. The van der Waals surface area contributed by atoms with Crippen LogP contribution in [0.25, 0.3) is 6.08 Å². The second kappa shape index (κ2) is 8.92. The van der Waals surface area contributed by atoms with Crippen molar-refractivity contribution in [1.29, 1.82) is 0 Å². The standard InChI is InChI=1S/C16H21NO4/c1-3-9-21-10-8-15(18)17-14-11-13(5-4-12(14)2)6-7-16(19)20/h4-7,11H,3,8-10H2,1-2H3,(H,17,18)(H,19,20). The van der Waals surface area contributed by atoms with E-state index in [-0.39, 0.29) is 5.91 Å². The number of carboxylic acids is 1. The zero-order valence-corrected chi connectivity index (χ0v) is 12.4. The molecule has 0 aliphatic carbocycles. The van der Waals surface area contributed by atoms with E-state index in [1.807, 2.05) is 19.9 Å². The van der Waals surface area contributed by atoms with Crippen LogP contribution in [0.4, 0.5) is 5.69 Å². The van der Waals surface area contributed by atoms with Crippen LogP contribution in [0.1, 0.15) is 30.9 Å². The number of carbonyl (C=O) groups excluding carboxylic acids is 1. The van der Waals surface area contributed by atoms with Gasteiger partial charge >= 0.3 is 5.97 Å². The summed E-state index contributed by atoms with van der Waals surface area (Å²) in [7, 11) is 0. The van der Waals surface area contributed by atoms with E-state index in [4.69, 9.17) is 9.84 Å². The minimum Gasteiger partial charge on any atom is -0.478 e. The smallest absolute Gasteiger partial charge is 0.328 e. The van der Waals surface area contributed by atoms with E-state index in [1.54, 1.807) is 12.1 Å². The van der Waals surface area contributed by atoms with Crippen LogP contribution in [0.2, 0.25) is 0 Å². The number of carbonyl (C=O) groups is 2. The predicted octanol–water partition coefficient (Wildman–Crippen LogP) is 2.85. The number of hydrogen-bond donors (Lipinski definition) is 2. The van der Waals surface area contributed by atoms with Gasteiger partial charge in [0.15, 0.2) is 0 Å². The number of anilines is 1. The molecule has 5 nitrogen and oxygen atoms in total. The molecule has 0 aliphatic rings. The lowest BCUT2D eigenvalue weighted by Crippen LogP contribution is -2.15. The molecule has 0 fully saturated rings. The van der Waals surface area contributed by atoms with Gasteiger partial charge in [-0.3, -0.25) is 4.79 Å². The molecule has 1 rings (SSSR count). The summed E-state index contributed by atoms with van der Waals surface area (Å²) in [4.78, 5) is 22.3. The molecule has 0 aromatic heterocycles. The first kappa shape index (κ1) is 16.9. The van der Waals surface area contributed by atoms with Crippen molar-refractivity contribution in [3.8, 4) is 0 Å². The first-order chi connectivity index (χ1) is 10.0. The first-order valence-corrected chi connectivity index (χ1v) is 6.92. The largest absolute Gasteiger partial charge is 0.478 e. The lowest BCUT2D eigenvalue weighted by atomic mass is 10.1. The Hall–Kier alpha value is -2.14. The van der Waals surface area contributed by atoms with E-state index in [2.05, 4.69) is 5.32 Å².